The molecule has 27 heavy (non-hydrogen) atoms. The van der Waals surface area contributed by atoms with E-state index in [2.05, 4.69) is 35.9 Å². The van der Waals surface area contributed by atoms with Crippen LogP contribution in [0.1, 0.15) is 29.0 Å². The van der Waals surface area contributed by atoms with Gasteiger partial charge in [-0.25, -0.2) is 0 Å². The second kappa shape index (κ2) is 6.22. The summed E-state index contributed by atoms with van der Waals surface area (Å²) in [5, 5.41) is 3.25. The highest BCUT2D eigenvalue weighted by Crippen LogP contribution is 2.51. The summed E-state index contributed by atoms with van der Waals surface area (Å²) in [6.07, 6.45) is 0.565. The maximum Gasteiger partial charge on any atom is 0.313 e. The van der Waals surface area contributed by atoms with E-state index >= 15 is 0 Å². The number of aromatic nitrogens is 1. The summed E-state index contributed by atoms with van der Waals surface area (Å²) in [6.45, 7) is 0.766. The second-order valence-corrected chi connectivity index (χ2v) is 7.26. The molecule has 0 bridgehead atoms. The molecule has 1 aromatic heterocycles. The standard InChI is InChI=1S/C22H22N2O3/c1-23-17-11-7-6-10-15(17)16-12-13-24-20(19(16)23)18(22(25)26-2)21(27-24)14-8-4-3-5-9-14/h3-11,18,20-21H,12-13H2,1-2H3/t18-,20+,21-/m1/s1. The van der Waals surface area contributed by atoms with Gasteiger partial charge in [-0.05, 0) is 23.6 Å². The lowest BCUT2D eigenvalue weighted by Gasteiger charge is -2.30. The largest absolute Gasteiger partial charge is 0.469 e. The number of ether oxygens (including phenoxy) is 1. The van der Waals surface area contributed by atoms with Crippen LogP contribution in [0.15, 0.2) is 54.6 Å². The molecule has 5 rings (SSSR count). The van der Waals surface area contributed by atoms with Crippen molar-refractivity contribution in [2.24, 2.45) is 13.0 Å². The Bertz CT molecular complexity index is 1010. The average molecular weight is 362 g/mol. The number of hydroxylamine groups is 2. The average Bonchev–Trinajstić information content (AvgIpc) is 3.24. The van der Waals surface area contributed by atoms with Crippen molar-refractivity contribution in [3.8, 4) is 0 Å². The Morgan fingerprint density at radius 3 is 2.63 bits per heavy atom. The molecule has 5 heteroatoms. The van der Waals surface area contributed by atoms with Crippen LogP contribution in [0.5, 0.6) is 0 Å². The lowest BCUT2D eigenvalue weighted by Crippen LogP contribution is -2.35. The van der Waals surface area contributed by atoms with Crippen LogP contribution >= 0.6 is 0 Å². The molecule has 0 N–H and O–H groups in total. The van der Waals surface area contributed by atoms with E-state index in [-0.39, 0.29) is 18.1 Å². The van der Waals surface area contributed by atoms with Gasteiger partial charge >= 0.3 is 5.97 Å². The van der Waals surface area contributed by atoms with Crippen LogP contribution in [0, 0.1) is 5.92 Å². The van der Waals surface area contributed by atoms with E-state index in [1.807, 2.05) is 35.4 Å². The van der Waals surface area contributed by atoms with Gasteiger partial charge < -0.3 is 9.30 Å². The van der Waals surface area contributed by atoms with Gasteiger partial charge in [0.1, 0.15) is 12.0 Å². The van der Waals surface area contributed by atoms with E-state index in [1.54, 1.807) is 0 Å². The second-order valence-electron chi connectivity index (χ2n) is 7.26. The first kappa shape index (κ1) is 16.5. The van der Waals surface area contributed by atoms with Crippen LogP contribution in [0.4, 0.5) is 0 Å². The van der Waals surface area contributed by atoms with Gasteiger partial charge in [0, 0.05) is 30.2 Å². The molecule has 0 saturated carbocycles. The molecule has 0 aliphatic carbocycles. The Hall–Kier alpha value is -2.63. The summed E-state index contributed by atoms with van der Waals surface area (Å²) in [5.74, 6) is -0.631. The lowest BCUT2D eigenvalue weighted by atomic mass is 9.85. The predicted molar refractivity (Wildman–Crippen MR) is 102 cm³/mol. The Balaban J connectivity index is 1.69. The molecular weight excluding hydrogens is 340 g/mol. The summed E-state index contributed by atoms with van der Waals surface area (Å²) in [7, 11) is 3.53. The van der Waals surface area contributed by atoms with Gasteiger partial charge in [-0.2, -0.15) is 5.06 Å². The smallest absolute Gasteiger partial charge is 0.313 e. The zero-order valence-electron chi connectivity index (χ0n) is 15.5. The van der Waals surface area contributed by atoms with E-state index in [4.69, 9.17) is 9.57 Å². The number of aryl methyl sites for hydroxylation is 1. The summed E-state index contributed by atoms with van der Waals surface area (Å²) >= 11 is 0. The van der Waals surface area contributed by atoms with Gasteiger partial charge in [-0.1, -0.05) is 48.5 Å². The molecule has 2 aromatic carbocycles. The van der Waals surface area contributed by atoms with Crippen LogP contribution in [0.2, 0.25) is 0 Å². The van der Waals surface area contributed by atoms with Crippen LogP contribution in [0.3, 0.4) is 0 Å². The summed E-state index contributed by atoms with van der Waals surface area (Å²) in [4.78, 5) is 19.2. The van der Waals surface area contributed by atoms with E-state index in [0.29, 0.717) is 0 Å². The number of carbonyl (C=O) groups excluding carboxylic acids is 1. The number of para-hydroxylation sites is 1. The first-order valence-corrected chi connectivity index (χ1v) is 9.33. The molecule has 3 atom stereocenters. The zero-order chi connectivity index (χ0) is 18.5. The highest BCUT2D eigenvalue weighted by Gasteiger charge is 2.52. The summed E-state index contributed by atoms with van der Waals surface area (Å²) < 4.78 is 7.43. The number of methoxy groups -OCH3 is 1. The minimum atomic E-state index is -0.403. The van der Waals surface area contributed by atoms with Gasteiger partial charge in [-0.15, -0.1) is 0 Å². The van der Waals surface area contributed by atoms with Gasteiger partial charge in [0.25, 0.3) is 0 Å². The van der Waals surface area contributed by atoms with E-state index in [1.165, 1.54) is 23.6 Å². The number of fused-ring (bicyclic) bond motifs is 5. The van der Waals surface area contributed by atoms with E-state index in [0.717, 1.165) is 24.2 Å². The number of esters is 1. The molecule has 1 fully saturated rings. The van der Waals surface area contributed by atoms with E-state index < -0.39 is 5.92 Å². The molecule has 3 aromatic rings. The number of benzene rings is 2. The monoisotopic (exact) mass is 362 g/mol. The third-order valence-corrected chi connectivity index (χ3v) is 5.95. The number of nitrogens with zero attached hydrogens (tertiary/aromatic N) is 2. The topological polar surface area (TPSA) is 43.7 Å². The molecule has 0 unspecified atom stereocenters. The van der Waals surface area contributed by atoms with Crippen molar-refractivity contribution in [1.29, 1.82) is 0 Å². The Labute approximate surface area is 158 Å². The van der Waals surface area contributed by atoms with Crippen molar-refractivity contribution >= 4 is 16.9 Å². The minimum absolute atomic E-state index is 0.149. The van der Waals surface area contributed by atoms with Crippen LogP contribution < -0.4 is 0 Å². The molecule has 5 nitrogen and oxygen atoms in total. The molecule has 0 spiro atoms. The van der Waals surface area contributed by atoms with Crippen molar-refractivity contribution in [1.82, 2.24) is 9.63 Å². The SMILES string of the molecule is COC(=O)[C@H]1[C@@H](c2ccccc2)ON2CCc3c(n(C)c4ccccc34)[C@H]12. The molecule has 3 heterocycles. The van der Waals surface area contributed by atoms with Gasteiger partial charge in [-0.3, -0.25) is 9.63 Å². The van der Waals surface area contributed by atoms with Gasteiger partial charge in [0.2, 0.25) is 0 Å². The van der Waals surface area contributed by atoms with Crippen molar-refractivity contribution in [2.75, 3.05) is 13.7 Å². The number of hydrogen-bond acceptors (Lipinski definition) is 4. The normalized spacial score (nSPS) is 24.6. The first-order chi connectivity index (χ1) is 13.2. The molecular formula is C22H22N2O3. The van der Waals surface area contributed by atoms with Crippen molar-refractivity contribution in [3.63, 3.8) is 0 Å². The number of carbonyl (C=O) groups is 1. The van der Waals surface area contributed by atoms with Crippen molar-refractivity contribution in [2.45, 2.75) is 18.6 Å². The highest BCUT2D eigenvalue weighted by atomic mass is 16.7. The fourth-order valence-corrected chi connectivity index (χ4v) is 4.77. The maximum absolute atomic E-state index is 12.9. The number of hydrogen-bond donors (Lipinski definition) is 0. The van der Waals surface area contributed by atoms with Crippen LogP contribution in [-0.4, -0.2) is 29.3 Å². The lowest BCUT2D eigenvalue weighted by molar-refractivity contribution is -0.169. The van der Waals surface area contributed by atoms with Gasteiger partial charge in [0.15, 0.2) is 0 Å². The molecule has 2 aliphatic heterocycles. The molecule has 2 aliphatic rings. The molecule has 0 amide bonds. The molecule has 1 saturated heterocycles. The van der Waals surface area contributed by atoms with Crippen LogP contribution in [-0.2, 0) is 27.8 Å². The molecule has 0 radical (unpaired) electrons. The highest BCUT2D eigenvalue weighted by molar-refractivity contribution is 5.86. The Morgan fingerprint density at radius 1 is 1.11 bits per heavy atom. The summed E-state index contributed by atoms with van der Waals surface area (Å²) in [6, 6.07) is 18.2. The number of rotatable bonds is 2. The first-order valence-electron chi connectivity index (χ1n) is 9.33. The van der Waals surface area contributed by atoms with Crippen LogP contribution in [0.25, 0.3) is 10.9 Å². The Morgan fingerprint density at radius 2 is 1.85 bits per heavy atom. The zero-order valence-corrected chi connectivity index (χ0v) is 15.5. The molecule has 138 valence electrons. The maximum atomic E-state index is 12.9. The quantitative estimate of drug-likeness (QED) is 0.654. The fourth-order valence-electron chi connectivity index (χ4n) is 4.77. The Kier molecular flexibility index (Phi) is 3.81. The minimum Gasteiger partial charge on any atom is -0.469 e. The third-order valence-electron chi connectivity index (χ3n) is 5.95. The van der Waals surface area contributed by atoms with Crippen molar-refractivity contribution < 1.29 is 14.4 Å². The predicted octanol–water partition coefficient (Wildman–Crippen LogP) is 3.55. The summed E-state index contributed by atoms with van der Waals surface area (Å²) in [5.41, 5.74) is 4.68. The van der Waals surface area contributed by atoms with E-state index in [9.17, 15) is 4.79 Å². The fraction of sp³-hybridized carbons (Fsp3) is 0.318. The van der Waals surface area contributed by atoms with Gasteiger partial charge in [0.05, 0.1) is 13.2 Å². The third kappa shape index (κ3) is 2.35. The van der Waals surface area contributed by atoms with Crippen molar-refractivity contribution in [3.05, 3.63) is 71.4 Å².